The number of aromatic nitrogens is 1. The van der Waals surface area contributed by atoms with Crippen LogP contribution in [0.4, 0.5) is 34.1 Å². The summed E-state index contributed by atoms with van der Waals surface area (Å²) >= 11 is 0. The second-order valence-electron chi connectivity index (χ2n) is 17.8. The molecule has 0 fully saturated rings. The molecule has 0 aliphatic carbocycles. The Morgan fingerprint density at radius 2 is 0.700 bits per heavy atom. The predicted molar refractivity (Wildman–Crippen MR) is 297 cm³/mol. The third-order valence-electron chi connectivity index (χ3n) is 14.0. The lowest BCUT2D eigenvalue weighted by Crippen LogP contribution is -2.61. The van der Waals surface area contributed by atoms with Crippen molar-refractivity contribution >= 4 is 79.0 Å². The molecule has 0 amide bonds. The van der Waals surface area contributed by atoms with Crippen molar-refractivity contribution in [3.8, 4) is 50.2 Å². The first-order chi connectivity index (χ1) is 38.1. The van der Waals surface area contributed by atoms with E-state index in [0.29, 0.717) is 5.69 Å². The third kappa shape index (κ3) is 6.31. The Bertz CT molecular complexity index is 4160. The van der Waals surface area contributed by atoms with Crippen molar-refractivity contribution in [1.29, 1.82) is 0 Å². The van der Waals surface area contributed by atoms with E-state index in [1.807, 2.05) is 97.1 Å². The van der Waals surface area contributed by atoms with Crippen molar-refractivity contribution in [1.82, 2.24) is 4.57 Å². The topological polar surface area (TPSA) is 11.4 Å². The smallest absolute Gasteiger partial charge is 0.252 e. The Balaban J connectivity index is 1.20. The van der Waals surface area contributed by atoms with E-state index in [1.54, 1.807) is 4.57 Å². The first kappa shape index (κ1) is 32.6. The molecule has 0 spiro atoms. The van der Waals surface area contributed by atoms with Crippen LogP contribution in [0, 0.1) is 0 Å². The Morgan fingerprint density at radius 1 is 0.314 bits per heavy atom. The molecule has 11 aromatic carbocycles. The first-order valence-corrected chi connectivity index (χ1v) is 23.6. The van der Waals surface area contributed by atoms with Crippen LogP contribution in [0.2, 0.25) is 0 Å². The molecule has 0 saturated carbocycles. The van der Waals surface area contributed by atoms with E-state index in [2.05, 4.69) is 131 Å². The lowest BCUT2D eigenvalue weighted by atomic mass is 9.33. The Morgan fingerprint density at radius 3 is 1.14 bits per heavy atom. The summed E-state index contributed by atoms with van der Waals surface area (Å²) in [7, 11) is 0. The van der Waals surface area contributed by atoms with E-state index < -0.39 is 24.2 Å². The van der Waals surface area contributed by atoms with E-state index in [9.17, 15) is 5.48 Å². The summed E-state index contributed by atoms with van der Waals surface area (Å²) in [5.74, 6) is 0. The SMILES string of the molecule is [2H]c1c([2H])c([2H])c2c(c1[2H])c1c([2H])c([2H])c([2H])c([2H])c1n2-c1cc2c3c(c1)N(c1ccccc1-c1ccccc1)c1cc(-c4ccccc4)ccc1B3c1ccc(-c3ccccc3)cc1N2c1ccccc1-c1ccccc1. The average Bonchev–Trinajstić information content (AvgIpc) is 3.46. The van der Waals surface area contributed by atoms with Crippen molar-refractivity contribution in [3.05, 3.63) is 267 Å². The highest BCUT2D eigenvalue weighted by atomic mass is 15.2. The highest BCUT2D eigenvalue weighted by Gasteiger charge is 2.44. The van der Waals surface area contributed by atoms with Gasteiger partial charge in [0.1, 0.15) is 0 Å². The molecule has 14 rings (SSSR count). The Kier molecular flexibility index (Phi) is 7.58. The van der Waals surface area contributed by atoms with Crippen LogP contribution in [0.1, 0.15) is 11.0 Å². The number of fused-ring (bicyclic) bond motifs is 7. The minimum absolute atomic E-state index is 0.0143. The van der Waals surface area contributed by atoms with Crippen LogP contribution >= 0.6 is 0 Å². The molecule has 326 valence electrons. The number of anilines is 6. The minimum Gasteiger partial charge on any atom is -0.311 e. The Hall–Kier alpha value is -9.12. The molecule has 1 aromatic heterocycles. The molecular weight excluding hydrogens is 846 g/mol. The molecule has 0 saturated heterocycles. The van der Waals surface area contributed by atoms with E-state index in [-0.39, 0.29) is 52.7 Å². The van der Waals surface area contributed by atoms with Crippen molar-refractivity contribution < 1.29 is 11.0 Å². The number of para-hydroxylation sites is 4. The standard InChI is InChI=1S/C66H44BN3/c1-5-21-45(22-6-1)49-37-39-56-62(41-49)69(58-33-17-13-29-52(58)47-25-9-3-10-26-47)64-43-51(68-60-35-19-15-31-54(60)55-32-16-20-36-61(55)68)44-65-66(64)67(56)57-40-38-50(46-23-7-2-8-24-46)42-63(57)70(65)59-34-18-14-30-53(59)48-27-11-4-12-28-48/h1-44H/i15D,16D,19D,20D,31D,32D,35D,36D. The molecule has 70 heavy (non-hydrogen) atoms. The lowest BCUT2D eigenvalue weighted by molar-refractivity contribution is 1.16. The summed E-state index contributed by atoms with van der Waals surface area (Å²) in [5, 5.41) is 0.0287. The zero-order chi connectivity index (χ0) is 53.1. The van der Waals surface area contributed by atoms with Gasteiger partial charge in [0.25, 0.3) is 6.71 Å². The lowest BCUT2D eigenvalue weighted by Gasteiger charge is -2.45. The maximum atomic E-state index is 9.68. The second-order valence-corrected chi connectivity index (χ2v) is 17.8. The summed E-state index contributed by atoms with van der Waals surface area (Å²) < 4.78 is 75.9. The van der Waals surface area contributed by atoms with E-state index >= 15 is 0 Å². The van der Waals surface area contributed by atoms with E-state index in [1.165, 1.54) is 0 Å². The van der Waals surface area contributed by atoms with Gasteiger partial charge in [-0.1, -0.05) is 218 Å². The summed E-state index contributed by atoms with van der Waals surface area (Å²) in [6.07, 6.45) is 0. The molecule has 0 unspecified atom stereocenters. The molecule has 0 atom stereocenters. The molecule has 3 nitrogen and oxygen atoms in total. The molecule has 2 aliphatic rings. The second kappa shape index (κ2) is 16.3. The van der Waals surface area contributed by atoms with Crippen LogP contribution in [-0.4, -0.2) is 11.3 Å². The van der Waals surface area contributed by atoms with Gasteiger partial charge in [-0.25, -0.2) is 0 Å². The van der Waals surface area contributed by atoms with Crippen LogP contribution in [0.5, 0.6) is 0 Å². The number of rotatable bonds is 7. The van der Waals surface area contributed by atoms with Gasteiger partial charge in [0.15, 0.2) is 0 Å². The Labute approximate surface area is 419 Å². The monoisotopic (exact) mass is 897 g/mol. The largest absolute Gasteiger partial charge is 0.311 e. The van der Waals surface area contributed by atoms with Gasteiger partial charge in [-0.3, -0.25) is 0 Å². The van der Waals surface area contributed by atoms with Gasteiger partial charge in [-0.15, -0.1) is 0 Å². The van der Waals surface area contributed by atoms with E-state index in [0.717, 1.165) is 95.0 Å². The maximum Gasteiger partial charge on any atom is 0.252 e. The molecule has 0 bridgehead atoms. The molecular formula is C66H44BN3. The van der Waals surface area contributed by atoms with Crippen molar-refractivity contribution in [2.75, 3.05) is 9.80 Å². The van der Waals surface area contributed by atoms with Gasteiger partial charge in [-0.2, -0.15) is 0 Å². The van der Waals surface area contributed by atoms with Crippen LogP contribution in [0.3, 0.4) is 0 Å². The number of hydrogen-bond acceptors (Lipinski definition) is 2. The van der Waals surface area contributed by atoms with Gasteiger partial charge in [-0.05, 0) is 98.3 Å². The van der Waals surface area contributed by atoms with Crippen molar-refractivity contribution in [2.45, 2.75) is 0 Å². The first-order valence-electron chi connectivity index (χ1n) is 27.6. The molecule has 4 heteroatoms. The highest BCUT2D eigenvalue weighted by Crippen LogP contribution is 2.50. The zero-order valence-corrected chi connectivity index (χ0v) is 37.7. The summed E-state index contributed by atoms with van der Waals surface area (Å²) in [6, 6.07) is 72.2. The minimum atomic E-state index is -0.494. The van der Waals surface area contributed by atoms with Gasteiger partial charge in [0.05, 0.1) is 39.1 Å². The van der Waals surface area contributed by atoms with Crippen LogP contribution in [0.25, 0.3) is 72.0 Å². The van der Waals surface area contributed by atoms with Gasteiger partial charge >= 0.3 is 0 Å². The van der Waals surface area contributed by atoms with Crippen molar-refractivity contribution in [2.24, 2.45) is 0 Å². The normalized spacial score (nSPS) is 14.1. The van der Waals surface area contributed by atoms with Gasteiger partial charge < -0.3 is 14.4 Å². The molecule has 3 heterocycles. The van der Waals surface area contributed by atoms with Crippen LogP contribution in [-0.2, 0) is 0 Å². The third-order valence-corrected chi connectivity index (χ3v) is 14.0. The van der Waals surface area contributed by atoms with Crippen molar-refractivity contribution in [3.63, 3.8) is 0 Å². The molecule has 0 N–H and O–H groups in total. The predicted octanol–water partition coefficient (Wildman–Crippen LogP) is 15.5. The molecule has 0 radical (unpaired) electrons. The number of hydrogen-bond donors (Lipinski definition) is 0. The van der Waals surface area contributed by atoms with Crippen LogP contribution < -0.4 is 26.2 Å². The fourth-order valence-electron chi connectivity index (χ4n) is 11.0. The summed E-state index contributed by atoms with van der Waals surface area (Å²) in [6.45, 7) is -0.350. The highest BCUT2D eigenvalue weighted by molar-refractivity contribution is 7.00. The zero-order valence-electron chi connectivity index (χ0n) is 45.7. The summed E-state index contributed by atoms with van der Waals surface area (Å²) in [5.41, 5.74) is 16.9. The quantitative estimate of drug-likeness (QED) is 0.148. The summed E-state index contributed by atoms with van der Waals surface area (Å²) in [4.78, 5) is 4.65. The average molecular weight is 898 g/mol. The number of nitrogens with zero attached hydrogens (tertiary/aromatic N) is 3. The number of benzene rings is 11. The molecule has 2 aliphatic heterocycles. The van der Waals surface area contributed by atoms with E-state index in [4.69, 9.17) is 5.48 Å². The fourth-order valence-corrected chi connectivity index (χ4v) is 11.0. The fraction of sp³-hybridized carbons (Fsp3) is 0. The maximum absolute atomic E-state index is 9.68. The van der Waals surface area contributed by atoms with Gasteiger partial charge in [0, 0.05) is 44.6 Å². The molecule has 12 aromatic rings. The van der Waals surface area contributed by atoms with Gasteiger partial charge in [0.2, 0.25) is 0 Å². The van der Waals surface area contributed by atoms with Crippen LogP contribution in [0.15, 0.2) is 267 Å².